The van der Waals surface area contributed by atoms with Crippen LogP contribution in [0, 0.1) is 0 Å². The van der Waals surface area contributed by atoms with Gasteiger partial charge in [-0.15, -0.1) is 11.3 Å². The molecular formula is C14H11N3O2S. The summed E-state index contributed by atoms with van der Waals surface area (Å²) >= 11 is 1.32. The van der Waals surface area contributed by atoms with E-state index in [9.17, 15) is 4.79 Å². The Balaban J connectivity index is 1.69. The van der Waals surface area contributed by atoms with Crippen LogP contribution in [0.4, 0.5) is 0 Å². The molecule has 0 aromatic carbocycles. The standard InChI is InChI=1S/C14H11N3O2S/c18-13(16-8-11-2-1-7-19-11)14-17-12(9-20-14)10-3-5-15-6-4-10/h1-7,9H,8H2,(H,16,18). The van der Waals surface area contributed by atoms with Gasteiger partial charge in [-0.1, -0.05) is 0 Å². The number of carbonyl (C=O) groups is 1. The Labute approximate surface area is 119 Å². The van der Waals surface area contributed by atoms with Gasteiger partial charge in [-0.3, -0.25) is 9.78 Å². The molecule has 100 valence electrons. The number of carbonyl (C=O) groups excluding carboxylic acids is 1. The van der Waals surface area contributed by atoms with Crippen molar-refractivity contribution in [2.24, 2.45) is 0 Å². The number of pyridine rings is 1. The number of amides is 1. The van der Waals surface area contributed by atoms with E-state index in [2.05, 4.69) is 15.3 Å². The quantitative estimate of drug-likeness (QED) is 0.800. The maximum atomic E-state index is 12.0. The van der Waals surface area contributed by atoms with Crippen LogP contribution in [0.3, 0.4) is 0 Å². The number of thiazole rings is 1. The van der Waals surface area contributed by atoms with Crippen LogP contribution in [0.1, 0.15) is 15.6 Å². The molecule has 3 rings (SSSR count). The van der Waals surface area contributed by atoms with Gasteiger partial charge >= 0.3 is 0 Å². The molecule has 3 aromatic rings. The molecule has 0 atom stereocenters. The average Bonchev–Trinajstić information content (AvgIpc) is 3.17. The van der Waals surface area contributed by atoms with Crippen LogP contribution in [0.25, 0.3) is 11.3 Å². The molecule has 5 nitrogen and oxygen atoms in total. The normalized spacial score (nSPS) is 10.4. The number of nitrogens with one attached hydrogen (secondary N) is 1. The fourth-order valence-electron chi connectivity index (χ4n) is 1.69. The zero-order valence-electron chi connectivity index (χ0n) is 10.4. The second-order valence-electron chi connectivity index (χ2n) is 4.04. The molecule has 0 fully saturated rings. The molecular weight excluding hydrogens is 274 g/mol. The number of hydrogen-bond donors (Lipinski definition) is 1. The molecule has 0 aliphatic rings. The van der Waals surface area contributed by atoms with Gasteiger partial charge < -0.3 is 9.73 Å². The first-order chi connectivity index (χ1) is 9.83. The summed E-state index contributed by atoms with van der Waals surface area (Å²) in [5.74, 6) is 0.510. The first-order valence-corrected chi connectivity index (χ1v) is 6.87. The van der Waals surface area contributed by atoms with Crippen LogP contribution in [-0.2, 0) is 6.54 Å². The first-order valence-electron chi connectivity index (χ1n) is 5.99. The third-order valence-corrected chi connectivity index (χ3v) is 3.52. The minimum atomic E-state index is -0.202. The topological polar surface area (TPSA) is 68.0 Å². The number of rotatable bonds is 4. The fraction of sp³-hybridized carbons (Fsp3) is 0.0714. The van der Waals surface area contributed by atoms with Crippen molar-refractivity contribution in [3.63, 3.8) is 0 Å². The van der Waals surface area contributed by atoms with Crippen LogP contribution in [0.15, 0.2) is 52.7 Å². The summed E-state index contributed by atoms with van der Waals surface area (Å²) in [6.07, 6.45) is 4.98. The molecule has 0 radical (unpaired) electrons. The van der Waals surface area contributed by atoms with Gasteiger partial charge in [0, 0.05) is 23.3 Å². The molecule has 1 N–H and O–H groups in total. The van der Waals surface area contributed by atoms with Crippen molar-refractivity contribution in [3.05, 3.63) is 59.1 Å². The van der Waals surface area contributed by atoms with Crippen LogP contribution in [0.5, 0.6) is 0 Å². The predicted octanol–water partition coefficient (Wildman–Crippen LogP) is 2.73. The van der Waals surface area contributed by atoms with Crippen molar-refractivity contribution in [3.8, 4) is 11.3 Å². The first kappa shape index (κ1) is 12.6. The van der Waals surface area contributed by atoms with Crippen molar-refractivity contribution >= 4 is 17.2 Å². The lowest BCUT2D eigenvalue weighted by molar-refractivity contribution is 0.0947. The minimum Gasteiger partial charge on any atom is -0.467 e. The molecule has 1 amide bonds. The second-order valence-corrected chi connectivity index (χ2v) is 4.89. The minimum absolute atomic E-state index is 0.202. The fourth-order valence-corrected chi connectivity index (χ4v) is 2.43. The third-order valence-electron chi connectivity index (χ3n) is 2.68. The molecule has 3 aromatic heterocycles. The van der Waals surface area contributed by atoms with Gasteiger partial charge in [-0.2, -0.15) is 0 Å². The molecule has 0 saturated heterocycles. The molecule has 0 saturated carbocycles. The van der Waals surface area contributed by atoms with E-state index in [-0.39, 0.29) is 5.91 Å². The van der Waals surface area contributed by atoms with Crippen LogP contribution in [0.2, 0.25) is 0 Å². The van der Waals surface area contributed by atoms with Gasteiger partial charge in [0.05, 0.1) is 18.5 Å². The van der Waals surface area contributed by atoms with E-state index in [0.29, 0.717) is 17.3 Å². The molecule has 0 aliphatic heterocycles. The molecule has 3 heterocycles. The lowest BCUT2D eigenvalue weighted by atomic mass is 10.2. The lowest BCUT2D eigenvalue weighted by Gasteiger charge is -1.99. The largest absolute Gasteiger partial charge is 0.467 e. The number of hydrogen-bond acceptors (Lipinski definition) is 5. The summed E-state index contributed by atoms with van der Waals surface area (Å²) in [4.78, 5) is 20.3. The summed E-state index contributed by atoms with van der Waals surface area (Å²) in [5, 5.41) is 5.06. The highest BCUT2D eigenvalue weighted by Crippen LogP contribution is 2.21. The van der Waals surface area contributed by atoms with Crippen LogP contribution < -0.4 is 5.32 Å². The Morgan fingerprint density at radius 3 is 2.90 bits per heavy atom. The van der Waals surface area contributed by atoms with Gasteiger partial charge in [0.2, 0.25) is 0 Å². The zero-order chi connectivity index (χ0) is 13.8. The Hall–Kier alpha value is -2.47. The SMILES string of the molecule is O=C(NCc1ccco1)c1nc(-c2ccncc2)cs1. The maximum absolute atomic E-state index is 12.0. The number of furan rings is 1. The van der Waals surface area contributed by atoms with Gasteiger partial charge in [0.1, 0.15) is 5.76 Å². The van der Waals surface area contributed by atoms with Crippen molar-refractivity contribution in [2.45, 2.75) is 6.54 Å². The van der Waals surface area contributed by atoms with Gasteiger partial charge in [-0.05, 0) is 24.3 Å². The second kappa shape index (κ2) is 5.66. The Bertz CT molecular complexity index is 692. The molecule has 0 unspecified atom stereocenters. The molecule has 6 heteroatoms. The highest BCUT2D eigenvalue weighted by Gasteiger charge is 2.12. The van der Waals surface area contributed by atoms with E-state index in [1.807, 2.05) is 23.6 Å². The van der Waals surface area contributed by atoms with E-state index in [1.54, 1.807) is 24.7 Å². The summed E-state index contributed by atoms with van der Waals surface area (Å²) in [5.41, 5.74) is 1.72. The van der Waals surface area contributed by atoms with Crippen molar-refractivity contribution in [2.75, 3.05) is 0 Å². The summed E-state index contributed by atoms with van der Waals surface area (Å²) in [6, 6.07) is 7.32. The van der Waals surface area contributed by atoms with Gasteiger partial charge in [0.25, 0.3) is 5.91 Å². The van der Waals surface area contributed by atoms with Gasteiger partial charge in [0.15, 0.2) is 5.01 Å². The maximum Gasteiger partial charge on any atom is 0.280 e. The van der Waals surface area contributed by atoms with Crippen molar-refractivity contribution in [1.29, 1.82) is 0 Å². The smallest absolute Gasteiger partial charge is 0.280 e. The highest BCUT2D eigenvalue weighted by molar-refractivity contribution is 7.12. The lowest BCUT2D eigenvalue weighted by Crippen LogP contribution is -2.22. The predicted molar refractivity (Wildman–Crippen MR) is 75.2 cm³/mol. The summed E-state index contributed by atoms with van der Waals surface area (Å²) in [6.45, 7) is 0.357. The number of nitrogens with zero attached hydrogens (tertiary/aromatic N) is 2. The summed E-state index contributed by atoms with van der Waals surface area (Å²) in [7, 11) is 0. The van der Waals surface area contributed by atoms with E-state index >= 15 is 0 Å². The van der Waals surface area contributed by atoms with E-state index in [1.165, 1.54) is 11.3 Å². The van der Waals surface area contributed by atoms with E-state index in [0.717, 1.165) is 11.3 Å². The zero-order valence-corrected chi connectivity index (χ0v) is 11.3. The van der Waals surface area contributed by atoms with Crippen molar-refractivity contribution in [1.82, 2.24) is 15.3 Å². The van der Waals surface area contributed by atoms with Crippen LogP contribution in [-0.4, -0.2) is 15.9 Å². The third kappa shape index (κ3) is 2.75. The Kier molecular flexibility index (Phi) is 3.56. The molecule has 0 spiro atoms. The van der Waals surface area contributed by atoms with E-state index in [4.69, 9.17) is 4.42 Å². The Morgan fingerprint density at radius 1 is 1.30 bits per heavy atom. The molecule has 0 aliphatic carbocycles. The average molecular weight is 285 g/mol. The highest BCUT2D eigenvalue weighted by atomic mass is 32.1. The van der Waals surface area contributed by atoms with Crippen molar-refractivity contribution < 1.29 is 9.21 Å². The Morgan fingerprint density at radius 2 is 2.15 bits per heavy atom. The molecule has 0 bridgehead atoms. The van der Waals surface area contributed by atoms with Gasteiger partial charge in [-0.25, -0.2) is 4.98 Å². The monoisotopic (exact) mass is 285 g/mol. The number of aromatic nitrogens is 2. The summed E-state index contributed by atoms with van der Waals surface area (Å²) < 4.78 is 5.16. The molecule has 20 heavy (non-hydrogen) atoms. The van der Waals surface area contributed by atoms with E-state index < -0.39 is 0 Å². The van der Waals surface area contributed by atoms with Crippen LogP contribution >= 0.6 is 11.3 Å².